The Bertz CT molecular complexity index is 324. The van der Waals surface area contributed by atoms with Crippen molar-refractivity contribution in [1.29, 1.82) is 0 Å². The molecule has 1 rings (SSSR count). The third-order valence-electron chi connectivity index (χ3n) is 2.05. The van der Waals surface area contributed by atoms with Crippen LogP contribution >= 0.6 is 11.6 Å². The van der Waals surface area contributed by atoms with Gasteiger partial charge in [-0.2, -0.15) is 0 Å². The fourth-order valence-corrected chi connectivity index (χ4v) is 1.30. The molecule has 2 N–H and O–H groups in total. The van der Waals surface area contributed by atoms with Crippen LogP contribution in [0.5, 0.6) is 0 Å². The molecule has 0 heterocycles. The first-order valence-corrected chi connectivity index (χ1v) is 5.18. The second-order valence-corrected chi connectivity index (χ2v) is 3.83. The van der Waals surface area contributed by atoms with E-state index in [-0.39, 0.29) is 18.6 Å². The summed E-state index contributed by atoms with van der Waals surface area (Å²) >= 11 is 5.71. The van der Waals surface area contributed by atoms with Gasteiger partial charge < -0.3 is 10.4 Å². The van der Waals surface area contributed by atoms with Gasteiger partial charge in [-0.25, -0.2) is 0 Å². The maximum Gasteiger partial charge on any atom is 0.251 e. The average Bonchev–Trinajstić information content (AvgIpc) is 2.18. The minimum Gasteiger partial charge on any atom is -0.396 e. The first kappa shape index (κ1) is 12.0. The molecule has 1 unspecified atom stereocenters. The van der Waals surface area contributed by atoms with Crippen molar-refractivity contribution >= 4 is 17.5 Å². The largest absolute Gasteiger partial charge is 0.396 e. The third-order valence-corrected chi connectivity index (χ3v) is 2.30. The molecule has 1 aromatic carbocycles. The summed E-state index contributed by atoms with van der Waals surface area (Å²) in [5.74, 6) is -0.146. The Balaban J connectivity index is 2.57. The van der Waals surface area contributed by atoms with E-state index in [9.17, 15) is 4.79 Å². The van der Waals surface area contributed by atoms with Gasteiger partial charge in [0.15, 0.2) is 0 Å². The molecule has 0 radical (unpaired) electrons. The Labute approximate surface area is 94.1 Å². The van der Waals surface area contributed by atoms with Crippen molar-refractivity contribution in [3.8, 4) is 0 Å². The molecule has 4 heteroatoms. The zero-order valence-electron chi connectivity index (χ0n) is 8.53. The van der Waals surface area contributed by atoms with Gasteiger partial charge in [0.05, 0.1) is 0 Å². The number of benzene rings is 1. The lowest BCUT2D eigenvalue weighted by atomic mass is 10.2. The number of carbonyl (C=O) groups is 1. The van der Waals surface area contributed by atoms with Crippen molar-refractivity contribution in [2.24, 2.45) is 0 Å². The Hall–Kier alpha value is -1.06. The maximum atomic E-state index is 11.6. The van der Waals surface area contributed by atoms with Gasteiger partial charge in [-0.05, 0) is 37.6 Å². The van der Waals surface area contributed by atoms with Crippen LogP contribution < -0.4 is 5.32 Å². The maximum absolute atomic E-state index is 11.6. The van der Waals surface area contributed by atoms with Crippen molar-refractivity contribution in [2.45, 2.75) is 19.4 Å². The highest BCUT2D eigenvalue weighted by Crippen LogP contribution is 2.09. The zero-order chi connectivity index (χ0) is 11.3. The van der Waals surface area contributed by atoms with E-state index >= 15 is 0 Å². The summed E-state index contributed by atoms with van der Waals surface area (Å²) in [4.78, 5) is 11.6. The Morgan fingerprint density at radius 2 is 2.07 bits per heavy atom. The quantitative estimate of drug-likeness (QED) is 0.825. The summed E-state index contributed by atoms with van der Waals surface area (Å²) in [6.07, 6.45) is 0.555. The smallest absolute Gasteiger partial charge is 0.251 e. The van der Waals surface area contributed by atoms with Crippen LogP contribution in [0.15, 0.2) is 24.3 Å². The second kappa shape index (κ2) is 5.73. The molecule has 0 fully saturated rings. The summed E-state index contributed by atoms with van der Waals surface area (Å²) < 4.78 is 0. The van der Waals surface area contributed by atoms with Crippen LogP contribution in [0.1, 0.15) is 23.7 Å². The number of halogens is 1. The molecule has 0 spiro atoms. The molecular weight excluding hydrogens is 214 g/mol. The highest BCUT2D eigenvalue weighted by atomic mass is 35.5. The number of hydrogen-bond acceptors (Lipinski definition) is 2. The van der Waals surface area contributed by atoms with Gasteiger partial charge in [-0.3, -0.25) is 4.79 Å². The van der Waals surface area contributed by atoms with Crippen molar-refractivity contribution in [3.05, 3.63) is 34.9 Å². The number of carbonyl (C=O) groups excluding carboxylic acids is 1. The molecule has 0 aliphatic carbocycles. The van der Waals surface area contributed by atoms with Crippen LogP contribution in [0.2, 0.25) is 5.02 Å². The van der Waals surface area contributed by atoms with Gasteiger partial charge >= 0.3 is 0 Å². The minimum absolute atomic E-state index is 0.0295. The number of hydrogen-bond donors (Lipinski definition) is 2. The van der Waals surface area contributed by atoms with E-state index in [1.807, 2.05) is 6.92 Å². The molecule has 0 aromatic heterocycles. The second-order valence-electron chi connectivity index (χ2n) is 3.39. The van der Waals surface area contributed by atoms with Crippen molar-refractivity contribution in [2.75, 3.05) is 6.61 Å². The molecule has 1 amide bonds. The van der Waals surface area contributed by atoms with Crippen molar-refractivity contribution < 1.29 is 9.90 Å². The molecule has 3 nitrogen and oxygen atoms in total. The SMILES string of the molecule is CC(CCO)NC(=O)c1ccc(Cl)cc1. The summed E-state index contributed by atoms with van der Waals surface area (Å²) in [6, 6.07) is 6.66. The van der Waals surface area contributed by atoms with Gasteiger partial charge in [-0.15, -0.1) is 0 Å². The Kier molecular flexibility index (Phi) is 4.59. The van der Waals surface area contributed by atoms with Crippen molar-refractivity contribution in [3.63, 3.8) is 0 Å². The van der Waals surface area contributed by atoms with Crippen LogP contribution in [0.25, 0.3) is 0 Å². The van der Waals surface area contributed by atoms with Crippen LogP contribution in [0.4, 0.5) is 0 Å². The number of rotatable bonds is 4. The van der Waals surface area contributed by atoms with Crippen molar-refractivity contribution in [1.82, 2.24) is 5.32 Å². The predicted octanol–water partition coefficient (Wildman–Crippen LogP) is 1.84. The lowest BCUT2D eigenvalue weighted by molar-refractivity contribution is 0.0934. The minimum atomic E-state index is -0.146. The standard InChI is InChI=1S/C11H14ClNO2/c1-8(6-7-14)13-11(15)9-2-4-10(12)5-3-9/h2-5,8,14H,6-7H2,1H3,(H,13,15). The first-order chi connectivity index (χ1) is 7.13. The molecule has 1 aromatic rings. The van der Waals surface area contributed by atoms with E-state index in [1.54, 1.807) is 24.3 Å². The van der Waals surface area contributed by atoms with Gasteiger partial charge in [0.25, 0.3) is 5.91 Å². The molecule has 0 bridgehead atoms. The van der Waals surface area contributed by atoms with Crippen LogP contribution in [-0.2, 0) is 0 Å². The molecule has 1 atom stereocenters. The van der Waals surface area contributed by atoms with Gasteiger partial charge in [0, 0.05) is 23.2 Å². The Morgan fingerprint density at radius 3 is 2.60 bits per heavy atom. The number of aliphatic hydroxyl groups excluding tert-OH is 1. The summed E-state index contributed by atoms with van der Waals surface area (Å²) in [6.45, 7) is 1.92. The van der Waals surface area contributed by atoms with E-state index in [0.717, 1.165) is 0 Å². The number of amides is 1. The lowest BCUT2D eigenvalue weighted by Crippen LogP contribution is -2.33. The van der Waals surface area contributed by atoms with E-state index in [1.165, 1.54) is 0 Å². The third kappa shape index (κ3) is 3.90. The van der Waals surface area contributed by atoms with Crippen LogP contribution in [0, 0.1) is 0 Å². The summed E-state index contributed by atoms with van der Waals surface area (Å²) in [7, 11) is 0. The lowest BCUT2D eigenvalue weighted by Gasteiger charge is -2.12. The van der Waals surface area contributed by atoms with E-state index in [0.29, 0.717) is 17.0 Å². The predicted molar refractivity (Wildman–Crippen MR) is 60.1 cm³/mol. The highest BCUT2D eigenvalue weighted by molar-refractivity contribution is 6.30. The molecular formula is C11H14ClNO2. The first-order valence-electron chi connectivity index (χ1n) is 4.80. The fourth-order valence-electron chi connectivity index (χ4n) is 1.17. The molecule has 0 saturated heterocycles. The highest BCUT2D eigenvalue weighted by Gasteiger charge is 2.08. The number of aliphatic hydroxyl groups is 1. The average molecular weight is 228 g/mol. The normalized spacial score (nSPS) is 12.2. The van der Waals surface area contributed by atoms with Gasteiger partial charge in [0.2, 0.25) is 0 Å². The van der Waals surface area contributed by atoms with Crippen LogP contribution in [0.3, 0.4) is 0 Å². The molecule has 0 saturated carbocycles. The zero-order valence-corrected chi connectivity index (χ0v) is 9.29. The summed E-state index contributed by atoms with van der Waals surface area (Å²) in [5.41, 5.74) is 0.573. The Morgan fingerprint density at radius 1 is 1.47 bits per heavy atom. The monoisotopic (exact) mass is 227 g/mol. The molecule has 82 valence electrons. The molecule has 0 aliphatic rings. The van der Waals surface area contributed by atoms with Crippen LogP contribution in [-0.4, -0.2) is 23.7 Å². The van der Waals surface area contributed by atoms with E-state index in [4.69, 9.17) is 16.7 Å². The molecule has 15 heavy (non-hydrogen) atoms. The van der Waals surface area contributed by atoms with Gasteiger partial charge in [0.1, 0.15) is 0 Å². The summed E-state index contributed by atoms with van der Waals surface area (Å²) in [5, 5.41) is 12.1. The molecule has 0 aliphatic heterocycles. The topological polar surface area (TPSA) is 49.3 Å². The van der Waals surface area contributed by atoms with Gasteiger partial charge in [-0.1, -0.05) is 11.6 Å². The fraction of sp³-hybridized carbons (Fsp3) is 0.364. The van der Waals surface area contributed by atoms with E-state index < -0.39 is 0 Å². The number of nitrogens with one attached hydrogen (secondary N) is 1. The van der Waals surface area contributed by atoms with E-state index in [2.05, 4.69) is 5.32 Å².